The molecule has 0 aliphatic rings. The van der Waals surface area contributed by atoms with Gasteiger partial charge in [0.25, 0.3) is 5.91 Å². The largest absolute Gasteiger partial charge is 0.497 e. The van der Waals surface area contributed by atoms with E-state index in [0.717, 1.165) is 54.3 Å². The van der Waals surface area contributed by atoms with Crippen molar-refractivity contribution >= 4 is 22.6 Å². The van der Waals surface area contributed by atoms with Crippen LogP contribution >= 0.6 is 0 Å². The molecule has 28 heavy (non-hydrogen) atoms. The highest BCUT2D eigenvalue weighted by Crippen LogP contribution is 2.21. The fraction of sp³-hybridized carbons (Fsp3) is 0.364. The molecule has 3 rings (SSSR count). The maximum atomic E-state index is 12.5. The third-order valence-electron chi connectivity index (χ3n) is 5.13. The molecule has 0 spiro atoms. The Labute approximate surface area is 166 Å². The molecule has 0 saturated heterocycles. The van der Waals surface area contributed by atoms with Crippen molar-refractivity contribution in [2.24, 2.45) is 7.05 Å². The first-order chi connectivity index (χ1) is 13.5. The molecule has 1 amide bonds. The van der Waals surface area contributed by atoms with Crippen molar-refractivity contribution in [3.05, 3.63) is 53.9 Å². The smallest absolute Gasteiger partial charge is 0.255 e. The number of carbonyl (C=O) groups excluding carboxylic acids is 1. The van der Waals surface area contributed by atoms with Crippen LogP contribution < -0.4 is 10.1 Å². The number of nitrogens with zero attached hydrogens (tertiary/aromatic N) is 3. The van der Waals surface area contributed by atoms with Crippen LogP contribution in [0.25, 0.3) is 11.0 Å². The molecule has 6 nitrogen and oxygen atoms in total. The summed E-state index contributed by atoms with van der Waals surface area (Å²) in [6.07, 6.45) is 0.903. The van der Waals surface area contributed by atoms with Crippen LogP contribution in [0.1, 0.15) is 30.0 Å². The number of hydrogen-bond donors (Lipinski definition) is 1. The van der Waals surface area contributed by atoms with Crippen LogP contribution in [0.15, 0.2) is 42.5 Å². The van der Waals surface area contributed by atoms with Gasteiger partial charge in [0.15, 0.2) is 0 Å². The second-order valence-corrected chi connectivity index (χ2v) is 6.75. The van der Waals surface area contributed by atoms with Gasteiger partial charge in [-0.25, -0.2) is 4.98 Å². The van der Waals surface area contributed by atoms with Crippen molar-refractivity contribution in [1.82, 2.24) is 14.5 Å². The number of ether oxygens (including phenoxy) is 1. The second-order valence-electron chi connectivity index (χ2n) is 6.75. The van der Waals surface area contributed by atoms with Crippen molar-refractivity contribution in [2.75, 3.05) is 32.1 Å². The fourth-order valence-electron chi connectivity index (χ4n) is 3.29. The van der Waals surface area contributed by atoms with E-state index in [-0.39, 0.29) is 5.91 Å². The third-order valence-corrected chi connectivity index (χ3v) is 5.13. The van der Waals surface area contributed by atoms with E-state index in [1.165, 1.54) is 0 Å². The summed E-state index contributed by atoms with van der Waals surface area (Å²) in [4.78, 5) is 19.7. The highest BCUT2D eigenvalue weighted by Gasteiger charge is 2.11. The van der Waals surface area contributed by atoms with E-state index in [9.17, 15) is 4.79 Å². The molecule has 148 valence electrons. The number of likely N-dealkylation sites (N-methyl/N-ethyl adjacent to an activating group) is 1. The van der Waals surface area contributed by atoms with E-state index < -0.39 is 0 Å². The molecule has 0 unspecified atom stereocenters. The van der Waals surface area contributed by atoms with Crippen molar-refractivity contribution in [1.29, 1.82) is 0 Å². The number of fused-ring (bicyclic) bond motifs is 1. The predicted molar refractivity (Wildman–Crippen MR) is 113 cm³/mol. The Bertz CT molecular complexity index is 943. The van der Waals surface area contributed by atoms with Crippen LogP contribution in [0.4, 0.5) is 5.69 Å². The Morgan fingerprint density at radius 2 is 1.86 bits per heavy atom. The summed E-state index contributed by atoms with van der Waals surface area (Å²) in [5.41, 5.74) is 3.28. The number of hydrogen-bond acceptors (Lipinski definition) is 4. The lowest BCUT2D eigenvalue weighted by atomic mass is 10.2. The van der Waals surface area contributed by atoms with Gasteiger partial charge in [-0.2, -0.15) is 0 Å². The number of imidazole rings is 1. The van der Waals surface area contributed by atoms with Crippen LogP contribution in [0.3, 0.4) is 0 Å². The Hall–Kier alpha value is -2.86. The monoisotopic (exact) mass is 380 g/mol. The maximum Gasteiger partial charge on any atom is 0.255 e. The molecular formula is C22H28N4O2. The van der Waals surface area contributed by atoms with Gasteiger partial charge in [-0.3, -0.25) is 4.79 Å². The van der Waals surface area contributed by atoms with Gasteiger partial charge in [-0.1, -0.05) is 13.8 Å². The number of carbonyl (C=O) groups is 1. The predicted octanol–water partition coefficient (Wildman–Crippen LogP) is 3.72. The highest BCUT2D eigenvalue weighted by atomic mass is 16.5. The van der Waals surface area contributed by atoms with Gasteiger partial charge >= 0.3 is 0 Å². The molecule has 0 radical (unpaired) electrons. The first-order valence-corrected chi connectivity index (χ1v) is 9.68. The first kappa shape index (κ1) is 19.9. The van der Waals surface area contributed by atoms with Gasteiger partial charge in [0.2, 0.25) is 0 Å². The summed E-state index contributed by atoms with van der Waals surface area (Å²) >= 11 is 0. The molecule has 0 atom stereocenters. The molecule has 6 heteroatoms. The number of benzene rings is 2. The Kier molecular flexibility index (Phi) is 6.31. The minimum atomic E-state index is -0.153. The molecule has 0 saturated carbocycles. The van der Waals surface area contributed by atoms with Crippen LogP contribution in [0, 0.1) is 0 Å². The molecule has 0 aliphatic heterocycles. The van der Waals surface area contributed by atoms with Crippen LogP contribution in [0.2, 0.25) is 0 Å². The molecule has 0 aliphatic carbocycles. The molecular weight excluding hydrogens is 352 g/mol. The average Bonchev–Trinajstić information content (AvgIpc) is 3.04. The Balaban J connectivity index is 1.75. The number of aromatic nitrogens is 2. The number of nitrogens with one attached hydrogen (secondary N) is 1. The van der Waals surface area contributed by atoms with Crippen molar-refractivity contribution in [3.63, 3.8) is 0 Å². The molecule has 1 heterocycles. The van der Waals surface area contributed by atoms with Crippen molar-refractivity contribution in [3.8, 4) is 5.75 Å². The molecule has 1 N–H and O–H groups in total. The van der Waals surface area contributed by atoms with E-state index >= 15 is 0 Å². The normalized spacial score (nSPS) is 11.2. The zero-order chi connectivity index (χ0) is 20.1. The Morgan fingerprint density at radius 3 is 2.50 bits per heavy atom. The zero-order valence-corrected chi connectivity index (χ0v) is 17.0. The summed E-state index contributed by atoms with van der Waals surface area (Å²) < 4.78 is 7.27. The van der Waals surface area contributed by atoms with E-state index in [1.54, 1.807) is 31.4 Å². The lowest BCUT2D eigenvalue weighted by Crippen LogP contribution is -2.26. The zero-order valence-electron chi connectivity index (χ0n) is 17.0. The lowest BCUT2D eigenvalue weighted by Gasteiger charge is -2.17. The molecule has 2 aromatic carbocycles. The highest BCUT2D eigenvalue weighted by molar-refractivity contribution is 6.05. The molecule has 0 fully saturated rings. The van der Waals surface area contributed by atoms with Crippen LogP contribution in [-0.4, -0.2) is 47.1 Å². The third kappa shape index (κ3) is 4.34. The number of amides is 1. The number of anilines is 1. The summed E-state index contributed by atoms with van der Waals surface area (Å²) in [5, 5.41) is 2.95. The summed E-state index contributed by atoms with van der Waals surface area (Å²) in [6.45, 7) is 7.43. The first-order valence-electron chi connectivity index (χ1n) is 9.68. The SMILES string of the molecule is CCN(CC)CCc1nc2cc(NC(=O)c3ccc(OC)cc3)ccc2n1C. The lowest BCUT2D eigenvalue weighted by molar-refractivity contribution is 0.102. The van der Waals surface area contributed by atoms with Gasteiger partial charge in [-0.05, 0) is 55.6 Å². The standard InChI is InChI=1S/C22H28N4O2/c1-5-26(6-2)14-13-21-24-19-15-17(9-12-20(19)25(21)3)23-22(27)16-7-10-18(28-4)11-8-16/h7-12,15H,5-6,13-14H2,1-4H3,(H,23,27). The quantitative estimate of drug-likeness (QED) is 0.647. The second kappa shape index (κ2) is 8.89. The summed E-state index contributed by atoms with van der Waals surface area (Å²) in [7, 11) is 3.65. The number of aryl methyl sites for hydroxylation is 1. The van der Waals surface area contributed by atoms with E-state index in [0.29, 0.717) is 5.56 Å². The Morgan fingerprint density at radius 1 is 1.14 bits per heavy atom. The molecule has 3 aromatic rings. The fourth-order valence-corrected chi connectivity index (χ4v) is 3.29. The van der Waals surface area contributed by atoms with Gasteiger partial charge in [0.05, 0.1) is 18.1 Å². The number of rotatable bonds is 8. The van der Waals surface area contributed by atoms with Gasteiger partial charge in [0.1, 0.15) is 11.6 Å². The molecule has 1 aromatic heterocycles. The van der Waals surface area contributed by atoms with Gasteiger partial charge in [0, 0.05) is 31.3 Å². The minimum Gasteiger partial charge on any atom is -0.497 e. The van der Waals surface area contributed by atoms with Crippen LogP contribution in [-0.2, 0) is 13.5 Å². The van der Waals surface area contributed by atoms with E-state index in [2.05, 4.69) is 28.6 Å². The topological polar surface area (TPSA) is 59.4 Å². The summed E-state index contributed by atoms with van der Waals surface area (Å²) in [6, 6.07) is 12.9. The summed E-state index contributed by atoms with van der Waals surface area (Å²) in [5.74, 6) is 1.63. The minimum absolute atomic E-state index is 0.153. The van der Waals surface area contributed by atoms with E-state index in [4.69, 9.17) is 9.72 Å². The van der Waals surface area contributed by atoms with E-state index in [1.807, 2.05) is 25.2 Å². The van der Waals surface area contributed by atoms with Gasteiger partial charge < -0.3 is 19.5 Å². The van der Waals surface area contributed by atoms with Gasteiger partial charge in [-0.15, -0.1) is 0 Å². The number of methoxy groups -OCH3 is 1. The van der Waals surface area contributed by atoms with Crippen molar-refractivity contribution in [2.45, 2.75) is 20.3 Å². The van der Waals surface area contributed by atoms with Crippen LogP contribution in [0.5, 0.6) is 5.75 Å². The maximum absolute atomic E-state index is 12.5. The average molecular weight is 380 g/mol. The molecule has 0 bridgehead atoms. The van der Waals surface area contributed by atoms with Crippen molar-refractivity contribution < 1.29 is 9.53 Å².